The van der Waals surface area contributed by atoms with Gasteiger partial charge in [-0.3, -0.25) is 9.48 Å². The second kappa shape index (κ2) is 4.13. The average Bonchev–Trinajstić information content (AvgIpc) is 2.32. The summed E-state index contributed by atoms with van der Waals surface area (Å²) >= 11 is 6.05. The van der Waals surface area contributed by atoms with E-state index in [1.54, 1.807) is 18.7 Å². The van der Waals surface area contributed by atoms with Crippen LogP contribution in [0.1, 0.15) is 37.9 Å². The largest absolute Gasteiger partial charge is 0.300 e. The second-order valence-electron chi connectivity index (χ2n) is 3.81. The van der Waals surface area contributed by atoms with Crippen LogP contribution in [0.25, 0.3) is 0 Å². The number of carbonyl (C=O) groups excluding carboxylic acids is 1. The number of aromatic nitrogens is 2. The van der Waals surface area contributed by atoms with Gasteiger partial charge in [-0.25, -0.2) is 0 Å². The van der Waals surface area contributed by atoms with Crippen LogP contribution < -0.4 is 0 Å². The highest BCUT2D eigenvalue weighted by Crippen LogP contribution is 2.25. The number of halogens is 1. The van der Waals surface area contributed by atoms with Crippen LogP contribution in [0.5, 0.6) is 0 Å². The monoisotopic (exact) mass is 214 g/mol. The van der Waals surface area contributed by atoms with Gasteiger partial charge in [0.05, 0.1) is 5.69 Å². The van der Waals surface area contributed by atoms with E-state index in [1.165, 1.54) is 0 Å². The van der Waals surface area contributed by atoms with E-state index >= 15 is 0 Å². The summed E-state index contributed by atoms with van der Waals surface area (Å²) in [4.78, 5) is 11.1. The summed E-state index contributed by atoms with van der Waals surface area (Å²) in [5.41, 5.74) is 1.80. The maximum absolute atomic E-state index is 11.1. The van der Waals surface area contributed by atoms with Crippen molar-refractivity contribution in [1.29, 1.82) is 0 Å². The number of hydrogen-bond donors (Lipinski definition) is 0. The zero-order valence-electron chi connectivity index (χ0n) is 8.97. The van der Waals surface area contributed by atoms with E-state index in [0.29, 0.717) is 17.5 Å². The van der Waals surface area contributed by atoms with Crippen LogP contribution in [0.4, 0.5) is 0 Å². The third-order valence-electron chi connectivity index (χ3n) is 2.07. The van der Waals surface area contributed by atoms with E-state index in [4.69, 9.17) is 11.6 Å². The number of rotatable bonds is 3. The van der Waals surface area contributed by atoms with Crippen LogP contribution in [0, 0.1) is 0 Å². The molecule has 0 radical (unpaired) electrons. The lowest BCUT2D eigenvalue weighted by molar-refractivity contribution is -0.116. The Kier molecular flexibility index (Phi) is 3.32. The topological polar surface area (TPSA) is 34.9 Å². The molecule has 4 heteroatoms. The molecule has 0 amide bonds. The molecule has 14 heavy (non-hydrogen) atoms. The Balaban J connectivity index is 3.16. The predicted octanol–water partition coefficient (Wildman–Crippen LogP) is 2.33. The van der Waals surface area contributed by atoms with Gasteiger partial charge in [0, 0.05) is 19.0 Å². The Morgan fingerprint density at radius 3 is 2.57 bits per heavy atom. The van der Waals surface area contributed by atoms with Gasteiger partial charge in [-0.1, -0.05) is 25.4 Å². The van der Waals surface area contributed by atoms with Crippen molar-refractivity contribution in [2.75, 3.05) is 0 Å². The van der Waals surface area contributed by atoms with Gasteiger partial charge in [0.25, 0.3) is 0 Å². The molecule has 0 atom stereocenters. The molecule has 1 aromatic heterocycles. The van der Waals surface area contributed by atoms with Gasteiger partial charge in [0.1, 0.15) is 10.9 Å². The molecule has 0 N–H and O–H groups in total. The quantitative estimate of drug-likeness (QED) is 0.774. The molecular formula is C10H15ClN2O. The van der Waals surface area contributed by atoms with Gasteiger partial charge in [-0.05, 0) is 12.8 Å². The van der Waals surface area contributed by atoms with Gasteiger partial charge >= 0.3 is 0 Å². The first kappa shape index (κ1) is 11.2. The molecule has 0 fully saturated rings. The molecule has 0 aromatic carbocycles. The second-order valence-corrected chi connectivity index (χ2v) is 4.17. The van der Waals surface area contributed by atoms with Crippen LogP contribution in [-0.2, 0) is 18.3 Å². The fraction of sp³-hybridized carbons (Fsp3) is 0.600. The first-order valence-corrected chi connectivity index (χ1v) is 5.02. The van der Waals surface area contributed by atoms with Gasteiger partial charge in [-0.2, -0.15) is 5.10 Å². The molecular weight excluding hydrogens is 200 g/mol. The SMILES string of the molecule is CC(=O)Cc1c(C(C)C)nn(C)c1Cl. The normalized spacial score (nSPS) is 11.0. The summed E-state index contributed by atoms with van der Waals surface area (Å²) in [6.07, 6.45) is 0.375. The van der Waals surface area contributed by atoms with Crippen molar-refractivity contribution >= 4 is 17.4 Å². The van der Waals surface area contributed by atoms with E-state index < -0.39 is 0 Å². The molecule has 0 aliphatic heterocycles. The summed E-state index contributed by atoms with van der Waals surface area (Å²) in [6, 6.07) is 0. The van der Waals surface area contributed by atoms with Gasteiger partial charge < -0.3 is 0 Å². The van der Waals surface area contributed by atoms with Gasteiger partial charge in [0.15, 0.2) is 0 Å². The lowest BCUT2D eigenvalue weighted by Gasteiger charge is -2.03. The van der Waals surface area contributed by atoms with E-state index in [9.17, 15) is 4.79 Å². The fourth-order valence-electron chi connectivity index (χ4n) is 1.44. The van der Waals surface area contributed by atoms with Crippen molar-refractivity contribution in [2.45, 2.75) is 33.1 Å². The summed E-state index contributed by atoms with van der Waals surface area (Å²) < 4.78 is 1.62. The minimum Gasteiger partial charge on any atom is -0.300 e. The molecule has 1 heterocycles. The first-order chi connectivity index (χ1) is 6.43. The van der Waals surface area contributed by atoms with Crippen molar-refractivity contribution in [3.63, 3.8) is 0 Å². The van der Waals surface area contributed by atoms with Crippen molar-refractivity contribution in [3.05, 3.63) is 16.4 Å². The van der Waals surface area contributed by atoms with E-state index in [-0.39, 0.29) is 5.78 Å². The molecule has 3 nitrogen and oxygen atoms in total. The Bertz CT molecular complexity index is 355. The number of hydrogen-bond acceptors (Lipinski definition) is 2. The van der Waals surface area contributed by atoms with Crippen molar-refractivity contribution in [2.24, 2.45) is 7.05 Å². The molecule has 78 valence electrons. The number of carbonyl (C=O) groups is 1. The number of aryl methyl sites for hydroxylation is 1. The fourth-order valence-corrected chi connectivity index (χ4v) is 1.64. The van der Waals surface area contributed by atoms with Crippen LogP contribution in [0.2, 0.25) is 5.15 Å². The molecule has 0 saturated heterocycles. The Labute approximate surface area is 89.1 Å². The van der Waals surface area contributed by atoms with Crippen LogP contribution >= 0.6 is 11.6 Å². The third-order valence-corrected chi connectivity index (χ3v) is 2.55. The summed E-state index contributed by atoms with van der Waals surface area (Å²) in [7, 11) is 1.79. The minimum absolute atomic E-state index is 0.113. The van der Waals surface area contributed by atoms with Crippen LogP contribution in [0.3, 0.4) is 0 Å². The molecule has 1 rings (SSSR count). The Morgan fingerprint density at radius 2 is 2.14 bits per heavy atom. The average molecular weight is 215 g/mol. The minimum atomic E-state index is 0.113. The molecule has 0 aliphatic carbocycles. The zero-order chi connectivity index (χ0) is 10.9. The zero-order valence-corrected chi connectivity index (χ0v) is 9.72. The van der Waals surface area contributed by atoms with Crippen LogP contribution in [0.15, 0.2) is 0 Å². The molecule has 0 saturated carbocycles. The predicted molar refractivity (Wildman–Crippen MR) is 56.7 cm³/mol. The standard InChI is InChI=1S/C10H15ClN2O/c1-6(2)9-8(5-7(3)14)10(11)13(4)12-9/h6H,5H2,1-4H3. The third kappa shape index (κ3) is 2.15. The highest BCUT2D eigenvalue weighted by molar-refractivity contribution is 6.30. The summed E-state index contributed by atoms with van der Waals surface area (Å²) in [6.45, 7) is 5.65. The summed E-state index contributed by atoms with van der Waals surface area (Å²) in [5, 5.41) is 4.87. The molecule has 1 aromatic rings. The number of ketones is 1. The number of nitrogens with zero attached hydrogens (tertiary/aromatic N) is 2. The van der Waals surface area contributed by atoms with Gasteiger partial charge in [0.2, 0.25) is 0 Å². The lowest BCUT2D eigenvalue weighted by atomic mass is 10.0. The Morgan fingerprint density at radius 1 is 1.57 bits per heavy atom. The maximum atomic E-state index is 11.1. The van der Waals surface area contributed by atoms with Crippen molar-refractivity contribution in [1.82, 2.24) is 9.78 Å². The first-order valence-electron chi connectivity index (χ1n) is 4.64. The Hall–Kier alpha value is -0.830. The van der Waals surface area contributed by atoms with Gasteiger partial charge in [-0.15, -0.1) is 0 Å². The smallest absolute Gasteiger partial charge is 0.134 e. The van der Waals surface area contributed by atoms with Crippen LogP contribution in [-0.4, -0.2) is 15.6 Å². The molecule has 0 spiro atoms. The number of Topliss-reactive ketones (excluding diaryl/α,β-unsaturated/α-hetero) is 1. The van der Waals surface area contributed by atoms with E-state index in [2.05, 4.69) is 5.10 Å². The van der Waals surface area contributed by atoms with E-state index in [0.717, 1.165) is 11.3 Å². The van der Waals surface area contributed by atoms with Crippen molar-refractivity contribution < 1.29 is 4.79 Å². The maximum Gasteiger partial charge on any atom is 0.134 e. The highest BCUT2D eigenvalue weighted by atomic mass is 35.5. The molecule has 0 aliphatic rings. The highest BCUT2D eigenvalue weighted by Gasteiger charge is 2.17. The van der Waals surface area contributed by atoms with E-state index in [1.807, 2.05) is 13.8 Å². The summed E-state index contributed by atoms with van der Waals surface area (Å²) in [5.74, 6) is 0.407. The van der Waals surface area contributed by atoms with Crippen molar-refractivity contribution in [3.8, 4) is 0 Å². The molecule has 0 bridgehead atoms. The molecule has 0 unspecified atom stereocenters. The lowest BCUT2D eigenvalue weighted by Crippen LogP contribution is -2.01.